The lowest BCUT2D eigenvalue weighted by Gasteiger charge is -2.27. The smallest absolute Gasteiger partial charge is 0.304 e. The van der Waals surface area contributed by atoms with Gasteiger partial charge in [0, 0.05) is 30.8 Å². The number of amidine groups is 1. The summed E-state index contributed by atoms with van der Waals surface area (Å²) in [6.07, 6.45) is 1.67. The van der Waals surface area contributed by atoms with E-state index in [9.17, 15) is 19.5 Å². The largest absolute Gasteiger partial charge is 0.481 e. The van der Waals surface area contributed by atoms with Crippen LogP contribution in [0.3, 0.4) is 0 Å². The van der Waals surface area contributed by atoms with Gasteiger partial charge in [-0.2, -0.15) is 0 Å². The van der Waals surface area contributed by atoms with Crippen LogP contribution in [0.5, 0.6) is 0 Å². The molecule has 3 aromatic carbocycles. The highest BCUT2D eigenvalue weighted by Gasteiger charge is 2.48. The quantitative estimate of drug-likeness (QED) is 0.229. The van der Waals surface area contributed by atoms with Gasteiger partial charge in [-0.15, -0.1) is 0 Å². The van der Waals surface area contributed by atoms with Crippen LogP contribution in [0.2, 0.25) is 0 Å². The first-order valence-electron chi connectivity index (χ1n) is 12.7. The Balaban J connectivity index is 1.41. The van der Waals surface area contributed by atoms with E-state index in [4.69, 9.17) is 11.1 Å². The second-order valence-corrected chi connectivity index (χ2v) is 9.74. The molecule has 1 aliphatic rings. The average molecular weight is 513 g/mol. The van der Waals surface area contributed by atoms with Crippen LogP contribution in [0, 0.1) is 10.8 Å². The fourth-order valence-corrected chi connectivity index (χ4v) is 4.94. The number of aliphatic carboxylic acids is 1. The molecular formula is C30H32N4O4. The Kier molecular flexibility index (Phi) is 8.21. The maximum Gasteiger partial charge on any atom is 0.304 e. The van der Waals surface area contributed by atoms with Crippen molar-refractivity contribution < 1.29 is 19.5 Å². The predicted octanol–water partition coefficient (Wildman–Crippen LogP) is 3.69. The first kappa shape index (κ1) is 26.6. The average Bonchev–Trinajstić information content (AvgIpc) is 3.22. The van der Waals surface area contributed by atoms with Gasteiger partial charge in [0.2, 0.25) is 5.91 Å². The Hall–Kier alpha value is -4.46. The van der Waals surface area contributed by atoms with Crippen LogP contribution < -0.4 is 11.1 Å². The summed E-state index contributed by atoms with van der Waals surface area (Å²) >= 11 is 0. The number of carboxylic acid groups (broad SMARTS) is 1. The molecule has 0 saturated carbocycles. The molecule has 0 aliphatic carbocycles. The number of nitrogens with two attached hydrogens (primary N) is 1. The zero-order chi connectivity index (χ0) is 27.1. The van der Waals surface area contributed by atoms with Crippen molar-refractivity contribution in [2.75, 3.05) is 19.6 Å². The fraction of sp³-hybridized carbons (Fsp3) is 0.267. The van der Waals surface area contributed by atoms with E-state index in [0.29, 0.717) is 30.6 Å². The molecule has 2 amide bonds. The molecule has 1 saturated heterocycles. The minimum absolute atomic E-state index is 0.0174. The van der Waals surface area contributed by atoms with Crippen molar-refractivity contribution in [2.24, 2.45) is 11.1 Å². The summed E-state index contributed by atoms with van der Waals surface area (Å²) in [7, 11) is 0. The van der Waals surface area contributed by atoms with Crippen LogP contribution in [0.25, 0.3) is 11.1 Å². The number of aryl methyl sites for hydroxylation is 1. The Labute approximate surface area is 222 Å². The van der Waals surface area contributed by atoms with E-state index in [1.54, 1.807) is 35.2 Å². The number of nitrogens with zero attached hydrogens (tertiary/aromatic N) is 1. The number of benzene rings is 3. The standard InChI is InChI=1S/C30H32N4O4/c31-27(32)23-13-11-22(12-14-23)24-9-4-10-25(18-24)28(37)33-20-30(19-26(35)36)15-17-34(29(30)38)16-5-8-21-6-2-1-3-7-21/h1-4,6-7,9-14,18H,5,8,15-17,19-20H2,(H3,31,32)(H,33,37)(H,35,36). The lowest BCUT2D eigenvalue weighted by molar-refractivity contribution is -0.146. The van der Waals surface area contributed by atoms with Crippen molar-refractivity contribution in [3.8, 4) is 11.1 Å². The minimum atomic E-state index is -1.16. The highest BCUT2D eigenvalue weighted by atomic mass is 16.4. The number of carbonyl (C=O) groups excluding carboxylic acids is 2. The molecule has 8 nitrogen and oxygen atoms in total. The summed E-state index contributed by atoms with van der Waals surface area (Å²) in [5, 5.41) is 19.9. The molecule has 196 valence electrons. The number of nitrogens with one attached hydrogen (secondary N) is 2. The summed E-state index contributed by atoms with van der Waals surface area (Å²) in [5.41, 5.74) is 8.26. The number of rotatable bonds is 11. The Morgan fingerprint density at radius 1 is 0.974 bits per heavy atom. The van der Waals surface area contributed by atoms with Gasteiger partial charge in [-0.05, 0) is 48.1 Å². The number of nitrogen functional groups attached to an aromatic ring is 1. The predicted molar refractivity (Wildman–Crippen MR) is 146 cm³/mol. The highest BCUT2D eigenvalue weighted by molar-refractivity contribution is 5.97. The number of amides is 2. The van der Waals surface area contributed by atoms with E-state index in [2.05, 4.69) is 5.32 Å². The van der Waals surface area contributed by atoms with Crippen molar-refractivity contribution in [2.45, 2.75) is 25.7 Å². The normalized spacial score (nSPS) is 16.8. The van der Waals surface area contributed by atoms with Crippen LogP contribution in [0.4, 0.5) is 0 Å². The molecule has 0 spiro atoms. The van der Waals surface area contributed by atoms with E-state index in [-0.39, 0.29) is 30.6 Å². The first-order chi connectivity index (χ1) is 18.3. The monoisotopic (exact) mass is 512 g/mol. The summed E-state index contributed by atoms with van der Waals surface area (Å²) in [6, 6.07) is 24.3. The number of hydrogen-bond acceptors (Lipinski definition) is 4. The van der Waals surface area contributed by atoms with E-state index in [1.165, 1.54) is 5.56 Å². The van der Waals surface area contributed by atoms with Gasteiger partial charge in [0.1, 0.15) is 5.84 Å². The van der Waals surface area contributed by atoms with Gasteiger partial charge in [0.25, 0.3) is 5.91 Å². The number of carboxylic acids is 1. The minimum Gasteiger partial charge on any atom is -0.481 e. The molecule has 1 unspecified atom stereocenters. The van der Waals surface area contributed by atoms with Crippen LogP contribution in [-0.2, 0) is 16.0 Å². The third-order valence-electron chi connectivity index (χ3n) is 7.07. The van der Waals surface area contributed by atoms with Gasteiger partial charge in [-0.3, -0.25) is 19.8 Å². The SMILES string of the molecule is N=C(N)c1ccc(-c2cccc(C(=O)NCC3(CC(=O)O)CCN(CCCc4ccccc4)C3=O)c2)cc1. The third kappa shape index (κ3) is 6.26. The Morgan fingerprint density at radius 3 is 2.39 bits per heavy atom. The second-order valence-electron chi connectivity index (χ2n) is 9.74. The molecule has 38 heavy (non-hydrogen) atoms. The zero-order valence-electron chi connectivity index (χ0n) is 21.2. The van der Waals surface area contributed by atoms with Crippen LogP contribution >= 0.6 is 0 Å². The van der Waals surface area contributed by atoms with E-state index in [1.807, 2.05) is 48.5 Å². The molecule has 0 radical (unpaired) electrons. The molecule has 1 atom stereocenters. The van der Waals surface area contributed by atoms with Gasteiger partial charge in [-0.25, -0.2) is 0 Å². The molecule has 1 heterocycles. The maximum absolute atomic E-state index is 13.4. The molecule has 1 aliphatic heterocycles. The third-order valence-corrected chi connectivity index (χ3v) is 7.07. The van der Waals surface area contributed by atoms with Crippen molar-refractivity contribution >= 4 is 23.6 Å². The van der Waals surface area contributed by atoms with Crippen LogP contribution in [-0.4, -0.2) is 53.3 Å². The number of hydrogen-bond donors (Lipinski definition) is 4. The van der Waals surface area contributed by atoms with Gasteiger partial charge in [0.15, 0.2) is 0 Å². The molecule has 5 N–H and O–H groups in total. The lowest BCUT2D eigenvalue weighted by atomic mass is 9.82. The fourth-order valence-electron chi connectivity index (χ4n) is 4.94. The summed E-state index contributed by atoms with van der Waals surface area (Å²) in [5.74, 6) is -1.66. The molecule has 4 rings (SSSR count). The van der Waals surface area contributed by atoms with Gasteiger partial charge < -0.3 is 21.1 Å². The lowest BCUT2D eigenvalue weighted by Crippen LogP contribution is -2.45. The van der Waals surface area contributed by atoms with Gasteiger partial charge >= 0.3 is 5.97 Å². The maximum atomic E-state index is 13.4. The highest BCUT2D eigenvalue weighted by Crippen LogP contribution is 2.35. The Morgan fingerprint density at radius 2 is 1.71 bits per heavy atom. The zero-order valence-corrected chi connectivity index (χ0v) is 21.2. The molecular weight excluding hydrogens is 480 g/mol. The molecule has 0 aromatic heterocycles. The molecule has 8 heteroatoms. The molecule has 3 aromatic rings. The summed E-state index contributed by atoms with van der Waals surface area (Å²) < 4.78 is 0. The number of carbonyl (C=O) groups is 3. The summed E-state index contributed by atoms with van der Waals surface area (Å²) in [4.78, 5) is 39.8. The molecule has 0 bridgehead atoms. The first-order valence-corrected chi connectivity index (χ1v) is 12.7. The van der Waals surface area contributed by atoms with Crippen molar-refractivity contribution in [3.05, 3.63) is 95.6 Å². The number of likely N-dealkylation sites (tertiary alicyclic amines) is 1. The second kappa shape index (κ2) is 11.7. The topological polar surface area (TPSA) is 137 Å². The van der Waals surface area contributed by atoms with Crippen molar-refractivity contribution in [3.63, 3.8) is 0 Å². The van der Waals surface area contributed by atoms with Crippen molar-refractivity contribution in [1.82, 2.24) is 10.2 Å². The van der Waals surface area contributed by atoms with Crippen LogP contribution in [0.15, 0.2) is 78.9 Å². The summed E-state index contributed by atoms with van der Waals surface area (Å²) in [6.45, 7) is 0.986. The van der Waals surface area contributed by atoms with Gasteiger partial charge in [-0.1, -0.05) is 66.7 Å². The molecule has 1 fully saturated rings. The van der Waals surface area contributed by atoms with E-state index < -0.39 is 11.4 Å². The van der Waals surface area contributed by atoms with E-state index in [0.717, 1.165) is 24.0 Å². The van der Waals surface area contributed by atoms with Crippen molar-refractivity contribution in [1.29, 1.82) is 5.41 Å². The van der Waals surface area contributed by atoms with Gasteiger partial charge in [0.05, 0.1) is 11.8 Å². The van der Waals surface area contributed by atoms with E-state index >= 15 is 0 Å². The van der Waals surface area contributed by atoms with Crippen LogP contribution in [0.1, 0.15) is 40.7 Å². The Bertz CT molecular complexity index is 1320.